The molecule has 1 aliphatic carbocycles. The van der Waals surface area contributed by atoms with Gasteiger partial charge in [-0.25, -0.2) is 0 Å². The zero-order valence-electron chi connectivity index (χ0n) is 8.94. The zero-order valence-corrected chi connectivity index (χ0v) is 8.94. The van der Waals surface area contributed by atoms with Gasteiger partial charge in [0.05, 0.1) is 0 Å². The lowest BCUT2D eigenvalue weighted by molar-refractivity contribution is 0.612. The van der Waals surface area contributed by atoms with Gasteiger partial charge in [-0.05, 0) is 58.0 Å². The Labute approximate surface area is 82.6 Å². The number of allylic oxidation sites excluding steroid dienone is 2. The maximum Gasteiger partial charge on any atom is -0.00459 e. The summed E-state index contributed by atoms with van der Waals surface area (Å²) in [5.41, 5.74) is 1.71. The topological polar surface area (TPSA) is 12.0 Å². The molecule has 1 N–H and O–H groups in total. The van der Waals surface area contributed by atoms with Crippen molar-refractivity contribution < 1.29 is 0 Å². The predicted molar refractivity (Wildman–Crippen MR) is 58.9 cm³/mol. The molecular formula is C12H23N. The maximum absolute atomic E-state index is 3.45. The van der Waals surface area contributed by atoms with Crippen LogP contribution in [0.25, 0.3) is 0 Å². The van der Waals surface area contributed by atoms with Crippen LogP contribution in [0.5, 0.6) is 0 Å². The van der Waals surface area contributed by atoms with Crippen LogP contribution < -0.4 is 5.32 Å². The standard InChI is InChI=1S/C12H23N/c1-2-10-13-11-6-9-12-7-4-3-5-8-12/h7,13H,2-6,8-11H2,1H3. The number of rotatable bonds is 6. The van der Waals surface area contributed by atoms with Gasteiger partial charge in [0, 0.05) is 0 Å². The van der Waals surface area contributed by atoms with Gasteiger partial charge in [-0.15, -0.1) is 0 Å². The van der Waals surface area contributed by atoms with Gasteiger partial charge in [-0.2, -0.15) is 0 Å². The lowest BCUT2D eigenvalue weighted by Crippen LogP contribution is -2.15. The second kappa shape index (κ2) is 7.14. The number of hydrogen-bond donors (Lipinski definition) is 1. The molecule has 13 heavy (non-hydrogen) atoms. The van der Waals surface area contributed by atoms with Gasteiger partial charge in [0.15, 0.2) is 0 Å². The highest BCUT2D eigenvalue weighted by molar-refractivity contribution is 5.04. The molecule has 1 nitrogen and oxygen atoms in total. The van der Waals surface area contributed by atoms with Crippen molar-refractivity contribution in [3.05, 3.63) is 11.6 Å². The summed E-state index contributed by atoms with van der Waals surface area (Å²) >= 11 is 0. The van der Waals surface area contributed by atoms with Gasteiger partial charge in [-0.1, -0.05) is 18.6 Å². The fourth-order valence-electron chi connectivity index (χ4n) is 1.87. The van der Waals surface area contributed by atoms with Gasteiger partial charge in [-0.3, -0.25) is 0 Å². The summed E-state index contributed by atoms with van der Waals surface area (Å²) in [5.74, 6) is 0. The first kappa shape index (κ1) is 10.8. The van der Waals surface area contributed by atoms with Crippen LogP contribution >= 0.6 is 0 Å². The van der Waals surface area contributed by atoms with E-state index in [-0.39, 0.29) is 0 Å². The van der Waals surface area contributed by atoms with Crippen LogP contribution in [-0.2, 0) is 0 Å². The van der Waals surface area contributed by atoms with E-state index >= 15 is 0 Å². The second-order valence-corrected chi connectivity index (χ2v) is 3.96. The molecule has 0 saturated heterocycles. The predicted octanol–water partition coefficient (Wildman–Crippen LogP) is 3.27. The number of hydrogen-bond acceptors (Lipinski definition) is 1. The zero-order chi connectivity index (χ0) is 9.36. The molecule has 0 spiro atoms. The molecule has 1 heteroatoms. The van der Waals surface area contributed by atoms with Crippen molar-refractivity contribution >= 4 is 0 Å². The quantitative estimate of drug-likeness (QED) is 0.490. The van der Waals surface area contributed by atoms with E-state index in [9.17, 15) is 0 Å². The summed E-state index contributed by atoms with van der Waals surface area (Å²) in [4.78, 5) is 0. The molecule has 0 aromatic rings. The van der Waals surface area contributed by atoms with Crippen molar-refractivity contribution in [2.75, 3.05) is 13.1 Å². The van der Waals surface area contributed by atoms with E-state index in [1.54, 1.807) is 5.57 Å². The highest BCUT2D eigenvalue weighted by Crippen LogP contribution is 2.20. The average molecular weight is 181 g/mol. The summed E-state index contributed by atoms with van der Waals surface area (Å²) in [6.45, 7) is 4.60. The van der Waals surface area contributed by atoms with Crippen LogP contribution in [0.3, 0.4) is 0 Å². The summed E-state index contributed by atoms with van der Waals surface area (Å²) < 4.78 is 0. The van der Waals surface area contributed by atoms with Crippen LogP contribution in [0.2, 0.25) is 0 Å². The lowest BCUT2D eigenvalue weighted by atomic mass is 9.96. The third-order valence-corrected chi connectivity index (χ3v) is 2.66. The summed E-state index contributed by atoms with van der Waals surface area (Å²) in [6.07, 6.45) is 11.9. The van der Waals surface area contributed by atoms with E-state index < -0.39 is 0 Å². The van der Waals surface area contributed by atoms with Crippen molar-refractivity contribution in [2.24, 2.45) is 0 Å². The normalized spacial score (nSPS) is 17.2. The highest BCUT2D eigenvalue weighted by Gasteiger charge is 2.02. The molecule has 0 radical (unpaired) electrons. The van der Waals surface area contributed by atoms with E-state index in [2.05, 4.69) is 18.3 Å². The van der Waals surface area contributed by atoms with Crippen LogP contribution in [0.4, 0.5) is 0 Å². The molecule has 0 bridgehead atoms. The van der Waals surface area contributed by atoms with Crippen LogP contribution in [0.1, 0.15) is 51.9 Å². The van der Waals surface area contributed by atoms with Crippen molar-refractivity contribution in [3.8, 4) is 0 Å². The fourth-order valence-corrected chi connectivity index (χ4v) is 1.87. The highest BCUT2D eigenvalue weighted by atomic mass is 14.8. The van der Waals surface area contributed by atoms with Crippen LogP contribution in [0, 0.1) is 0 Å². The molecule has 0 unspecified atom stereocenters. The Morgan fingerprint density at radius 2 is 2.23 bits per heavy atom. The summed E-state index contributed by atoms with van der Waals surface area (Å²) in [5, 5.41) is 3.45. The van der Waals surface area contributed by atoms with Gasteiger partial charge >= 0.3 is 0 Å². The monoisotopic (exact) mass is 181 g/mol. The van der Waals surface area contributed by atoms with Gasteiger partial charge in [0.1, 0.15) is 0 Å². The van der Waals surface area contributed by atoms with Crippen molar-refractivity contribution in [1.82, 2.24) is 5.32 Å². The van der Waals surface area contributed by atoms with Crippen molar-refractivity contribution in [1.29, 1.82) is 0 Å². The first-order valence-corrected chi connectivity index (χ1v) is 5.82. The van der Waals surface area contributed by atoms with Crippen LogP contribution in [-0.4, -0.2) is 13.1 Å². The summed E-state index contributed by atoms with van der Waals surface area (Å²) in [6, 6.07) is 0. The van der Waals surface area contributed by atoms with E-state index in [4.69, 9.17) is 0 Å². The Bertz CT molecular complexity index is 149. The second-order valence-electron chi connectivity index (χ2n) is 3.96. The lowest BCUT2D eigenvalue weighted by Gasteiger charge is -2.12. The molecule has 0 atom stereocenters. The molecule has 1 rings (SSSR count). The Hall–Kier alpha value is -0.300. The van der Waals surface area contributed by atoms with Gasteiger partial charge < -0.3 is 5.32 Å². The third-order valence-electron chi connectivity index (χ3n) is 2.66. The molecule has 76 valence electrons. The minimum atomic E-state index is 1.18. The molecule has 0 saturated carbocycles. The molecule has 0 aromatic heterocycles. The molecular weight excluding hydrogens is 158 g/mol. The van der Waals surface area contributed by atoms with E-state index in [0.29, 0.717) is 0 Å². The minimum absolute atomic E-state index is 1.18. The Kier molecular flexibility index (Phi) is 5.92. The summed E-state index contributed by atoms with van der Waals surface area (Å²) in [7, 11) is 0. The van der Waals surface area contributed by atoms with E-state index in [1.165, 1.54) is 58.0 Å². The fraction of sp³-hybridized carbons (Fsp3) is 0.833. The van der Waals surface area contributed by atoms with Crippen molar-refractivity contribution in [2.45, 2.75) is 51.9 Å². The first-order chi connectivity index (χ1) is 6.43. The number of nitrogens with one attached hydrogen (secondary N) is 1. The van der Waals surface area contributed by atoms with Gasteiger partial charge in [0.2, 0.25) is 0 Å². The first-order valence-electron chi connectivity index (χ1n) is 5.82. The minimum Gasteiger partial charge on any atom is -0.317 e. The Morgan fingerprint density at radius 3 is 2.92 bits per heavy atom. The largest absolute Gasteiger partial charge is 0.317 e. The third kappa shape index (κ3) is 5.09. The molecule has 0 aliphatic heterocycles. The molecule has 0 heterocycles. The average Bonchev–Trinajstić information content (AvgIpc) is 2.19. The van der Waals surface area contributed by atoms with Crippen molar-refractivity contribution in [3.63, 3.8) is 0 Å². The van der Waals surface area contributed by atoms with Crippen LogP contribution in [0.15, 0.2) is 11.6 Å². The Balaban J connectivity index is 1.95. The molecule has 0 aromatic carbocycles. The van der Waals surface area contributed by atoms with E-state index in [1.807, 2.05) is 0 Å². The van der Waals surface area contributed by atoms with Gasteiger partial charge in [0.25, 0.3) is 0 Å². The Morgan fingerprint density at radius 1 is 1.31 bits per heavy atom. The molecule has 0 fully saturated rings. The molecule has 1 aliphatic rings. The SMILES string of the molecule is CCCNCCCC1=CCCCC1. The molecule has 0 amide bonds. The van der Waals surface area contributed by atoms with E-state index in [0.717, 1.165) is 0 Å². The maximum atomic E-state index is 3.45. The smallest absolute Gasteiger partial charge is 0.00459 e.